The van der Waals surface area contributed by atoms with E-state index in [4.69, 9.17) is 9.84 Å². The fourth-order valence-corrected chi connectivity index (χ4v) is 4.91. The molecule has 0 aliphatic rings. The topological polar surface area (TPSA) is 65.0 Å². The van der Waals surface area contributed by atoms with Crippen molar-refractivity contribution in [2.75, 3.05) is 12.4 Å². The number of rotatable bonds is 10. The molecule has 0 radical (unpaired) electrons. The van der Waals surface area contributed by atoms with E-state index in [9.17, 15) is 31.1 Å². The van der Waals surface area contributed by atoms with Gasteiger partial charge in [0.1, 0.15) is 17.2 Å². The Hall–Kier alpha value is -3.07. The Morgan fingerprint density at radius 1 is 0.842 bits per heavy atom. The van der Waals surface area contributed by atoms with E-state index >= 15 is 0 Å². The Kier molecular flexibility index (Phi) is 9.82. The number of para-hydroxylation sites is 2. The first-order valence-electron chi connectivity index (χ1n) is 10.5. The highest BCUT2D eigenvalue weighted by molar-refractivity contribution is 14.1. The van der Waals surface area contributed by atoms with Crippen molar-refractivity contribution in [3.63, 3.8) is 0 Å². The standard InChI is InChI=1S/C25H17F6IO5S/c26-24(27,28)36-20-7-3-1-5-17(20)16(18-6-2-4-8-21(18)37-25(29,30)31)11-12-38-15-9-10-22(19(32)13-15)35-14-23(33)34/h1-11,13H,12,14H2,(H,33,34). The highest BCUT2D eigenvalue weighted by atomic mass is 127. The second-order valence-corrected chi connectivity index (χ2v) is 9.55. The molecule has 0 bridgehead atoms. The molecular formula is C25H17F6IO5S. The van der Waals surface area contributed by atoms with Gasteiger partial charge in [-0.25, -0.2) is 4.79 Å². The molecule has 3 aromatic rings. The highest BCUT2D eigenvalue weighted by Gasteiger charge is 2.34. The molecule has 1 N–H and O–H groups in total. The lowest BCUT2D eigenvalue weighted by Gasteiger charge is -2.19. The number of carbonyl (C=O) groups is 1. The van der Waals surface area contributed by atoms with E-state index in [1.807, 2.05) is 22.6 Å². The lowest BCUT2D eigenvalue weighted by atomic mass is 9.96. The third-order valence-electron chi connectivity index (χ3n) is 4.60. The van der Waals surface area contributed by atoms with Crippen molar-refractivity contribution in [3.05, 3.63) is 87.5 Å². The molecule has 3 rings (SSSR count). The van der Waals surface area contributed by atoms with E-state index in [1.54, 1.807) is 18.2 Å². The van der Waals surface area contributed by atoms with Crippen LogP contribution in [0.2, 0.25) is 0 Å². The summed E-state index contributed by atoms with van der Waals surface area (Å²) in [7, 11) is 0. The van der Waals surface area contributed by atoms with E-state index in [0.29, 0.717) is 14.2 Å². The van der Waals surface area contributed by atoms with Crippen LogP contribution in [0.15, 0.2) is 77.7 Å². The Bertz CT molecular complexity index is 1250. The van der Waals surface area contributed by atoms with Crippen LogP contribution >= 0.6 is 34.4 Å². The van der Waals surface area contributed by atoms with E-state index < -0.39 is 36.8 Å². The van der Waals surface area contributed by atoms with Crippen molar-refractivity contribution in [2.24, 2.45) is 0 Å². The molecule has 0 aliphatic carbocycles. The first-order chi connectivity index (χ1) is 17.8. The molecule has 0 atom stereocenters. The summed E-state index contributed by atoms with van der Waals surface area (Å²) in [4.78, 5) is 11.4. The summed E-state index contributed by atoms with van der Waals surface area (Å²) in [5.74, 6) is -1.83. The third kappa shape index (κ3) is 9.04. The molecule has 0 saturated carbocycles. The molecule has 202 valence electrons. The molecule has 13 heteroatoms. The largest absolute Gasteiger partial charge is 0.573 e. The SMILES string of the molecule is O=C(O)COc1ccc(SCC=C(c2ccccc2OC(F)(F)F)c2ccccc2OC(F)(F)F)cc1I. The van der Waals surface area contributed by atoms with Gasteiger partial charge in [-0.2, -0.15) is 0 Å². The van der Waals surface area contributed by atoms with Crippen molar-refractivity contribution in [3.8, 4) is 17.2 Å². The van der Waals surface area contributed by atoms with Crippen molar-refractivity contribution in [2.45, 2.75) is 17.6 Å². The summed E-state index contributed by atoms with van der Waals surface area (Å²) in [6.45, 7) is -0.520. The number of halogens is 7. The Labute approximate surface area is 230 Å². The van der Waals surface area contributed by atoms with Crippen LogP contribution in [0.1, 0.15) is 11.1 Å². The van der Waals surface area contributed by atoms with Crippen LogP contribution in [0, 0.1) is 3.57 Å². The van der Waals surface area contributed by atoms with Gasteiger partial charge in [0.25, 0.3) is 0 Å². The van der Waals surface area contributed by atoms with Crippen LogP contribution in [0.4, 0.5) is 26.3 Å². The number of hydrogen-bond acceptors (Lipinski definition) is 5. The second kappa shape index (κ2) is 12.7. The van der Waals surface area contributed by atoms with Gasteiger partial charge >= 0.3 is 18.7 Å². The van der Waals surface area contributed by atoms with Crippen LogP contribution in [0.5, 0.6) is 17.2 Å². The van der Waals surface area contributed by atoms with Gasteiger partial charge in [0.05, 0.1) is 3.57 Å². The van der Waals surface area contributed by atoms with E-state index in [2.05, 4.69) is 9.47 Å². The maximum atomic E-state index is 13.1. The number of ether oxygens (including phenoxy) is 3. The predicted octanol–water partition coefficient (Wildman–Crippen LogP) is 7.78. The van der Waals surface area contributed by atoms with Crippen molar-refractivity contribution in [1.82, 2.24) is 0 Å². The Morgan fingerprint density at radius 3 is 1.84 bits per heavy atom. The number of alkyl halides is 6. The molecule has 0 unspecified atom stereocenters. The summed E-state index contributed by atoms with van der Waals surface area (Å²) in [5, 5.41) is 8.76. The smallest absolute Gasteiger partial charge is 0.481 e. The maximum absolute atomic E-state index is 13.1. The van der Waals surface area contributed by atoms with Crippen LogP contribution in [0.25, 0.3) is 5.57 Å². The minimum atomic E-state index is -5.03. The Morgan fingerprint density at radius 2 is 1.37 bits per heavy atom. The molecule has 0 fully saturated rings. The van der Waals surface area contributed by atoms with Gasteiger partial charge in [-0.15, -0.1) is 38.1 Å². The van der Waals surface area contributed by atoms with Crippen LogP contribution in [0.3, 0.4) is 0 Å². The molecule has 0 aliphatic heterocycles. The molecule has 0 saturated heterocycles. The fourth-order valence-electron chi connectivity index (χ4n) is 3.22. The monoisotopic (exact) mass is 670 g/mol. The molecule has 0 aromatic heterocycles. The molecule has 0 spiro atoms. The second-order valence-electron chi connectivity index (χ2n) is 7.29. The first kappa shape index (κ1) is 29.5. The van der Waals surface area contributed by atoms with Gasteiger partial charge < -0.3 is 19.3 Å². The van der Waals surface area contributed by atoms with Crippen molar-refractivity contribution in [1.29, 1.82) is 0 Å². The number of carboxylic acid groups (broad SMARTS) is 1. The van der Waals surface area contributed by atoms with Crippen LogP contribution in [-0.4, -0.2) is 36.2 Å². The molecule has 38 heavy (non-hydrogen) atoms. The van der Waals surface area contributed by atoms with E-state index in [1.165, 1.54) is 54.2 Å². The highest BCUT2D eigenvalue weighted by Crippen LogP contribution is 2.39. The average molecular weight is 670 g/mol. The van der Waals surface area contributed by atoms with Gasteiger partial charge in [0.2, 0.25) is 0 Å². The summed E-state index contributed by atoms with van der Waals surface area (Å²) >= 11 is 3.20. The van der Waals surface area contributed by atoms with Crippen LogP contribution in [-0.2, 0) is 4.79 Å². The number of carboxylic acids is 1. The lowest BCUT2D eigenvalue weighted by molar-refractivity contribution is -0.275. The van der Waals surface area contributed by atoms with Gasteiger partial charge in [0, 0.05) is 21.8 Å². The minimum Gasteiger partial charge on any atom is -0.481 e. The first-order valence-corrected chi connectivity index (χ1v) is 12.6. The Balaban J connectivity index is 1.99. The average Bonchev–Trinajstić information content (AvgIpc) is 2.80. The third-order valence-corrected chi connectivity index (χ3v) is 6.36. The summed E-state index contributed by atoms with van der Waals surface area (Å²) in [5.41, 5.74) is -0.139. The number of hydrogen-bond donors (Lipinski definition) is 1. The van der Waals surface area contributed by atoms with Gasteiger partial charge in [-0.1, -0.05) is 42.5 Å². The van der Waals surface area contributed by atoms with E-state index in [-0.39, 0.29) is 22.5 Å². The van der Waals surface area contributed by atoms with Crippen molar-refractivity contribution < 1.29 is 50.5 Å². The summed E-state index contributed by atoms with van der Waals surface area (Å²) in [6, 6.07) is 15.2. The van der Waals surface area contributed by atoms with Gasteiger partial charge in [-0.05, 0) is 58.5 Å². The van der Waals surface area contributed by atoms with Gasteiger partial charge in [0.15, 0.2) is 6.61 Å². The quantitative estimate of drug-likeness (QED) is 0.135. The number of thioether (sulfide) groups is 1. The predicted molar refractivity (Wildman–Crippen MR) is 136 cm³/mol. The zero-order chi connectivity index (χ0) is 27.9. The van der Waals surface area contributed by atoms with Gasteiger partial charge in [-0.3, -0.25) is 0 Å². The number of aliphatic carboxylic acids is 1. The zero-order valence-corrected chi connectivity index (χ0v) is 22.0. The van der Waals surface area contributed by atoms with Crippen LogP contribution < -0.4 is 14.2 Å². The number of benzene rings is 3. The molecule has 3 aromatic carbocycles. The summed E-state index contributed by atoms with van der Waals surface area (Å²) < 4.78 is 92.5. The summed E-state index contributed by atoms with van der Waals surface area (Å²) in [6.07, 6.45) is -8.58. The zero-order valence-electron chi connectivity index (χ0n) is 19.0. The molecule has 0 amide bonds. The molecule has 5 nitrogen and oxygen atoms in total. The minimum absolute atomic E-state index is 0.0355. The molecule has 0 heterocycles. The van der Waals surface area contributed by atoms with Crippen molar-refractivity contribution >= 4 is 45.9 Å². The normalized spacial score (nSPS) is 11.6. The molecular weight excluding hydrogens is 653 g/mol. The lowest BCUT2D eigenvalue weighted by Crippen LogP contribution is -2.19. The van der Waals surface area contributed by atoms with E-state index in [0.717, 1.165) is 12.1 Å². The maximum Gasteiger partial charge on any atom is 0.573 e. The fraction of sp³-hybridized carbons (Fsp3) is 0.160.